The highest BCUT2D eigenvalue weighted by molar-refractivity contribution is 7.92. The molecular formula is C11H17NO3S. The second-order valence-corrected chi connectivity index (χ2v) is 5.82. The standard InChI is InChI=1S/C11H17NO3S/c1-10-5-3-6-11(9-10)12(2)16(14,15)8-4-7-13/h3,5-6,9,13H,4,7-8H2,1-2H3. The van der Waals surface area contributed by atoms with Gasteiger partial charge in [-0.1, -0.05) is 12.1 Å². The predicted molar refractivity (Wildman–Crippen MR) is 65.1 cm³/mol. The molecule has 5 heteroatoms. The zero-order valence-electron chi connectivity index (χ0n) is 9.55. The number of rotatable bonds is 5. The predicted octanol–water partition coefficient (Wildman–Crippen LogP) is 1.14. The monoisotopic (exact) mass is 243 g/mol. The Balaban J connectivity index is 2.89. The molecule has 1 aromatic rings. The highest BCUT2D eigenvalue weighted by Gasteiger charge is 2.17. The van der Waals surface area contributed by atoms with Crippen LogP contribution >= 0.6 is 0 Å². The fraction of sp³-hybridized carbons (Fsp3) is 0.455. The highest BCUT2D eigenvalue weighted by atomic mass is 32.2. The smallest absolute Gasteiger partial charge is 0.234 e. The van der Waals surface area contributed by atoms with Crippen LogP contribution in [0.15, 0.2) is 24.3 Å². The Morgan fingerprint density at radius 2 is 2.06 bits per heavy atom. The van der Waals surface area contributed by atoms with Crippen LogP contribution in [0.3, 0.4) is 0 Å². The Labute approximate surface area is 96.6 Å². The van der Waals surface area contributed by atoms with Crippen LogP contribution in [-0.4, -0.2) is 32.9 Å². The Morgan fingerprint density at radius 3 is 2.62 bits per heavy atom. The normalized spacial score (nSPS) is 11.4. The molecule has 4 nitrogen and oxygen atoms in total. The van der Waals surface area contributed by atoms with Gasteiger partial charge in [0.1, 0.15) is 0 Å². The lowest BCUT2D eigenvalue weighted by Crippen LogP contribution is -2.29. The van der Waals surface area contributed by atoms with Gasteiger partial charge in [0.15, 0.2) is 0 Å². The first-order valence-corrected chi connectivity index (χ1v) is 6.72. The summed E-state index contributed by atoms with van der Waals surface area (Å²) >= 11 is 0. The summed E-state index contributed by atoms with van der Waals surface area (Å²) in [6.45, 7) is 1.80. The summed E-state index contributed by atoms with van der Waals surface area (Å²) in [5.41, 5.74) is 1.67. The summed E-state index contributed by atoms with van der Waals surface area (Å²) in [5.74, 6) is -0.0338. The summed E-state index contributed by atoms with van der Waals surface area (Å²) in [4.78, 5) is 0. The SMILES string of the molecule is Cc1cccc(N(C)S(=O)(=O)CCCO)c1. The van der Waals surface area contributed by atoms with E-state index >= 15 is 0 Å². The molecule has 1 N–H and O–H groups in total. The van der Waals surface area contributed by atoms with Crippen LogP contribution in [0.4, 0.5) is 5.69 Å². The lowest BCUT2D eigenvalue weighted by Gasteiger charge is -2.19. The minimum absolute atomic E-state index is 0.0338. The van der Waals surface area contributed by atoms with Gasteiger partial charge in [-0.05, 0) is 31.0 Å². The molecular weight excluding hydrogens is 226 g/mol. The Hall–Kier alpha value is -1.07. The number of hydrogen-bond acceptors (Lipinski definition) is 3. The molecule has 16 heavy (non-hydrogen) atoms. The maximum atomic E-state index is 11.8. The minimum Gasteiger partial charge on any atom is -0.396 e. The third-order valence-corrected chi connectivity index (χ3v) is 4.19. The fourth-order valence-corrected chi connectivity index (χ4v) is 2.57. The average molecular weight is 243 g/mol. The summed E-state index contributed by atoms with van der Waals surface area (Å²) in [6.07, 6.45) is 0.262. The maximum absolute atomic E-state index is 11.8. The first-order valence-electron chi connectivity index (χ1n) is 5.11. The van der Waals surface area contributed by atoms with E-state index in [1.54, 1.807) is 6.07 Å². The number of hydrogen-bond donors (Lipinski definition) is 1. The number of sulfonamides is 1. The van der Waals surface area contributed by atoms with Gasteiger partial charge >= 0.3 is 0 Å². The topological polar surface area (TPSA) is 57.6 Å². The van der Waals surface area contributed by atoms with Gasteiger partial charge in [0.05, 0.1) is 11.4 Å². The van der Waals surface area contributed by atoms with Gasteiger partial charge in [-0.2, -0.15) is 0 Å². The van der Waals surface area contributed by atoms with Crippen LogP contribution < -0.4 is 4.31 Å². The first-order chi connectivity index (χ1) is 7.47. The molecule has 0 saturated heterocycles. The second kappa shape index (κ2) is 5.32. The van der Waals surface area contributed by atoms with E-state index in [-0.39, 0.29) is 18.8 Å². The van der Waals surface area contributed by atoms with Crippen molar-refractivity contribution < 1.29 is 13.5 Å². The Bertz CT molecular complexity index is 442. The van der Waals surface area contributed by atoms with Crippen molar-refractivity contribution in [3.63, 3.8) is 0 Å². The van der Waals surface area contributed by atoms with Crippen LogP contribution in [0, 0.1) is 6.92 Å². The second-order valence-electron chi connectivity index (χ2n) is 3.70. The molecule has 0 bridgehead atoms. The molecule has 90 valence electrons. The van der Waals surface area contributed by atoms with E-state index in [9.17, 15) is 8.42 Å². The molecule has 0 heterocycles. The highest BCUT2D eigenvalue weighted by Crippen LogP contribution is 2.17. The molecule has 0 fully saturated rings. The lowest BCUT2D eigenvalue weighted by molar-refractivity contribution is 0.295. The van der Waals surface area contributed by atoms with Crippen molar-refractivity contribution in [1.82, 2.24) is 0 Å². The number of anilines is 1. The van der Waals surface area contributed by atoms with Crippen molar-refractivity contribution in [3.8, 4) is 0 Å². The average Bonchev–Trinajstić information content (AvgIpc) is 2.25. The Kier molecular flexibility index (Phi) is 4.32. The lowest BCUT2D eigenvalue weighted by atomic mass is 10.2. The quantitative estimate of drug-likeness (QED) is 0.843. The van der Waals surface area contributed by atoms with Gasteiger partial charge in [-0.3, -0.25) is 4.31 Å². The van der Waals surface area contributed by atoms with Gasteiger partial charge in [-0.25, -0.2) is 8.42 Å². The molecule has 0 aliphatic rings. The third kappa shape index (κ3) is 3.21. The molecule has 0 aliphatic heterocycles. The number of aliphatic hydroxyl groups excluding tert-OH is 1. The number of aryl methyl sites for hydroxylation is 1. The molecule has 0 spiro atoms. The molecule has 0 radical (unpaired) electrons. The zero-order valence-corrected chi connectivity index (χ0v) is 10.4. The third-order valence-electron chi connectivity index (χ3n) is 2.34. The van der Waals surface area contributed by atoms with E-state index in [2.05, 4.69) is 0 Å². The van der Waals surface area contributed by atoms with Gasteiger partial charge in [-0.15, -0.1) is 0 Å². The largest absolute Gasteiger partial charge is 0.396 e. The number of aliphatic hydroxyl groups is 1. The first kappa shape index (κ1) is 13.0. The van der Waals surface area contributed by atoms with Crippen LogP contribution in [0.1, 0.15) is 12.0 Å². The van der Waals surface area contributed by atoms with E-state index < -0.39 is 10.0 Å². The van der Waals surface area contributed by atoms with E-state index in [1.165, 1.54) is 11.4 Å². The molecule has 1 rings (SSSR count). The molecule has 1 aromatic carbocycles. The van der Waals surface area contributed by atoms with Crippen molar-refractivity contribution in [2.75, 3.05) is 23.7 Å². The van der Waals surface area contributed by atoms with Crippen molar-refractivity contribution >= 4 is 15.7 Å². The maximum Gasteiger partial charge on any atom is 0.234 e. The van der Waals surface area contributed by atoms with E-state index in [0.717, 1.165) is 5.56 Å². The van der Waals surface area contributed by atoms with Crippen LogP contribution in [0.25, 0.3) is 0 Å². The molecule has 0 unspecified atom stereocenters. The molecule has 0 amide bonds. The van der Waals surface area contributed by atoms with Gasteiger partial charge in [0.2, 0.25) is 10.0 Å². The summed E-state index contributed by atoms with van der Waals surface area (Å²) in [7, 11) is -1.79. The number of nitrogens with zero attached hydrogens (tertiary/aromatic N) is 1. The molecule has 0 aromatic heterocycles. The van der Waals surface area contributed by atoms with Crippen LogP contribution in [-0.2, 0) is 10.0 Å². The molecule has 0 saturated carbocycles. The van der Waals surface area contributed by atoms with Crippen molar-refractivity contribution in [2.24, 2.45) is 0 Å². The Morgan fingerprint density at radius 1 is 1.38 bits per heavy atom. The molecule has 0 atom stereocenters. The number of benzene rings is 1. The molecule has 0 aliphatic carbocycles. The minimum atomic E-state index is -3.32. The van der Waals surface area contributed by atoms with Crippen LogP contribution in [0.2, 0.25) is 0 Å². The van der Waals surface area contributed by atoms with Gasteiger partial charge < -0.3 is 5.11 Å². The van der Waals surface area contributed by atoms with Gasteiger partial charge in [0.25, 0.3) is 0 Å². The van der Waals surface area contributed by atoms with Crippen LogP contribution in [0.5, 0.6) is 0 Å². The van der Waals surface area contributed by atoms with Gasteiger partial charge in [0, 0.05) is 13.7 Å². The summed E-state index contributed by atoms with van der Waals surface area (Å²) < 4.78 is 24.9. The van der Waals surface area contributed by atoms with E-state index in [0.29, 0.717) is 5.69 Å². The fourth-order valence-electron chi connectivity index (χ4n) is 1.37. The zero-order chi connectivity index (χ0) is 12.2. The summed E-state index contributed by atoms with van der Waals surface area (Å²) in [5, 5.41) is 8.64. The summed E-state index contributed by atoms with van der Waals surface area (Å²) in [6, 6.07) is 7.31. The van der Waals surface area contributed by atoms with E-state index in [4.69, 9.17) is 5.11 Å². The van der Waals surface area contributed by atoms with E-state index in [1.807, 2.05) is 25.1 Å². The van der Waals surface area contributed by atoms with Crippen molar-refractivity contribution in [3.05, 3.63) is 29.8 Å². The van der Waals surface area contributed by atoms with Crippen molar-refractivity contribution in [2.45, 2.75) is 13.3 Å². The van der Waals surface area contributed by atoms with Crippen molar-refractivity contribution in [1.29, 1.82) is 0 Å².